The molecule has 0 spiro atoms. The maximum Gasteiger partial charge on any atom is 0.237 e. The zero-order chi connectivity index (χ0) is 15.5. The Labute approximate surface area is 132 Å². The molecule has 0 N–H and O–H groups in total. The van der Waals surface area contributed by atoms with Crippen molar-refractivity contribution in [2.24, 2.45) is 0 Å². The predicted octanol–water partition coefficient (Wildman–Crippen LogP) is 3.32. The summed E-state index contributed by atoms with van der Waals surface area (Å²) in [7, 11) is 0. The van der Waals surface area contributed by atoms with Gasteiger partial charge >= 0.3 is 0 Å². The van der Waals surface area contributed by atoms with E-state index in [1.165, 1.54) is 12.1 Å². The van der Waals surface area contributed by atoms with Crippen LogP contribution in [0.1, 0.15) is 18.6 Å². The van der Waals surface area contributed by atoms with Gasteiger partial charge in [-0.05, 0) is 37.1 Å². The van der Waals surface area contributed by atoms with Crippen molar-refractivity contribution in [3.05, 3.63) is 35.8 Å². The highest BCUT2D eigenvalue weighted by atomic mass is 35.5. The molecule has 1 aromatic carbocycles. The standard InChI is InChI=1S/C16H17ClFNO3/c17-9-16(20)19(5-6-21-13-2-3-13)10-14-8-11-7-12(18)1-4-15(11)22-14/h1,4,7-8,13H,2-3,5-6,9-10H2. The zero-order valence-corrected chi connectivity index (χ0v) is 12.8. The maximum atomic E-state index is 13.2. The molecular formula is C16H17ClFNO3. The molecule has 1 aliphatic carbocycles. The Hall–Kier alpha value is -1.59. The van der Waals surface area contributed by atoms with Crippen LogP contribution in [-0.4, -0.2) is 35.9 Å². The van der Waals surface area contributed by atoms with Crippen LogP contribution in [0.5, 0.6) is 0 Å². The molecule has 0 radical (unpaired) electrons. The minimum atomic E-state index is -0.314. The molecule has 1 aliphatic rings. The molecule has 1 heterocycles. The second-order valence-corrected chi connectivity index (χ2v) is 5.68. The summed E-state index contributed by atoms with van der Waals surface area (Å²) in [6.07, 6.45) is 2.54. The summed E-state index contributed by atoms with van der Waals surface area (Å²) >= 11 is 5.65. The van der Waals surface area contributed by atoms with Gasteiger partial charge in [-0.1, -0.05) is 0 Å². The molecule has 1 aromatic heterocycles. The summed E-state index contributed by atoms with van der Waals surface area (Å²) in [5.41, 5.74) is 0.601. The van der Waals surface area contributed by atoms with E-state index in [4.69, 9.17) is 20.8 Å². The summed E-state index contributed by atoms with van der Waals surface area (Å²) < 4.78 is 24.4. The molecule has 2 aromatic rings. The van der Waals surface area contributed by atoms with Crippen molar-refractivity contribution in [2.45, 2.75) is 25.5 Å². The maximum absolute atomic E-state index is 13.2. The lowest BCUT2D eigenvalue weighted by atomic mass is 10.2. The first-order valence-corrected chi connectivity index (χ1v) is 7.82. The van der Waals surface area contributed by atoms with E-state index in [-0.39, 0.29) is 17.6 Å². The van der Waals surface area contributed by atoms with Gasteiger partial charge in [0.1, 0.15) is 23.0 Å². The van der Waals surface area contributed by atoms with Gasteiger partial charge in [-0.3, -0.25) is 4.79 Å². The number of hydrogen-bond acceptors (Lipinski definition) is 3. The number of ether oxygens (including phenoxy) is 1. The second-order valence-electron chi connectivity index (χ2n) is 5.41. The molecule has 6 heteroatoms. The summed E-state index contributed by atoms with van der Waals surface area (Å²) in [6, 6.07) is 6.08. The number of furan rings is 1. The lowest BCUT2D eigenvalue weighted by Gasteiger charge is -2.20. The van der Waals surface area contributed by atoms with Crippen molar-refractivity contribution in [1.82, 2.24) is 4.90 Å². The van der Waals surface area contributed by atoms with Gasteiger partial charge in [0.15, 0.2) is 0 Å². The average molecular weight is 326 g/mol. The smallest absolute Gasteiger partial charge is 0.237 e. The van der Waals surface area contributed by atoms with E-state index in [0.717, 1.165) is 12.8 Å². The largest absolute Gasteiger partial charge is 0.459 e. The Balaban J connectivity index is 1.67. The molecule has 1 fully saturated rings. The number of amides is 1. The average Bonchev–Trinajstić information content (AvgIpc) is 3.24. The number of carbonyl (C=O) groups excluding carboxylic acids is 1. The van der Waals surface area contributed by atoms with Crippen LogP contribution in [-0.2, 0) is 16.1 Å². The van der Waals surface area contributed by atoms with Crippen molar-refractivity contribution in [1.29, 1.82) is 0 Å². The van der Waals surface area contributed by atoms with Crippen molar-refractivity contribution < 1.29 is 18.3 Å². The summed E-state index contributed by atoms with van der Waals surface area (Å²) in [6.45, 7) is 1.26. The van der Waals surface area contributed by atoms with E-state index in [0.29, 0.717) is 42.5 Å². The highest BCUT2D eigenvalue weighted by molar-refractivity contribution is 6.27. The van der Waals surface area contributed by atoms with Crippen LogP contribution in [0.25, 0.3) is 11.0 Å². The van der Waals surface area contributed by atoms with E-state index in [2.05, 4.69) is 0 Å². The van der Waals surface area contributed by atoms with Crippen molar-refractivity contribution >= 4 is 28.5 Å². The van der Waals surface area contributed by atoms with Gasteiger partial charge < -0.3 is 14.1 Å². The Bertz CT molecular complexity index is 668. The van der Waals surface area contributed by atoms with Crippen LogP contribution in [0.3, 0.4) is 0 Å². The lowest BCUT2D eigenvalue weighted by molar-refractivity contribution is -0.130. The van der Waals surface area contributed by atoms with E-state index < -0.39 is 0 Å². The molecule has 0 bridgehead atoms. The molecule has 0 saturated heterocycles. The Kier molecular flexibility index (Phi) is 4.64. The molecule has 1 saturated carbocycles. The number of carbonyl (C=O) groups is 1. The van der Waals surface area contributed by atoms with Gasteiger partial charge in [0.05, 0.1) is 19.3 Å². The van der Waals surface area contributed by atoms with E-state index in [9.17, 15) is 9.18 Å². The number of alkyl halides is 1. The first-order chi connectivity index (χ1) is 10.7. The molecule has 22 heavy (non-hydrogen) atoms. The van der Waals surface area contributed by atoms with E-state index in [1.54, 1.807) is 17.0 Å². The van der Waals surface area contributed by atoms with Crippen LogP contribution in [0.15, 0.2) is 28.7 Å². The van der Waals surface area contributed by atoms with Crippen molar-refractivity contribution in [2.75, 3.05) is 19.0 Å². The van der Waals surface area contributed by atoms with Crippen LogP contribution in [0, 0.1) is 5.82 Å². The van der Waals surface area contributed by atoms with E-state index >= 15 is 0 Å². The van der Waals surface area contributed by atoms with Gasteiger partial charge in [-0.15, -0.1) is 11.6 Å². The fraction of sp³-hybridized carbons (Fsp3) is 0.438. The van der Waals surface area contributed by atoms with Crippen LogP contribution in [0.2, 0.25) is 0 Å². The zero-order valence-electron chi connectivity index (χ0n) is 12.1. The normalized spacial score (nSPS) is 14.5. The monoisotopic (exact) mass is 325 g/mol. The van der Waals surface area contributed by atoms with Gasteiger partial charge in [-0.25, -0.2) is 4.39 Å². The highest BCUT2D eigenvalue weighted by Crippen LogP contribution is 2.24. The fourth-order valence-corrected chi connectivity index (χ4v) is 2.44. The van der Waals surface area contributed by atoms with Gasteiger partial charge in [0.25, 0.3) is 0 Å². The molecule has 3 rings (SSSR count). The van der Waals surface area contributed by atoms with E-state index in [1.807, 2.05) is 0 Å². The van der Waals surface area contributed by atoms with Crippen molar-refractivity contribution in [3.8, 4) is 0 Å². The SMILES string of the molecule is O=C(CCl)N(CCOC1CC1)Cc1cc2cc(F)ccc2o1. The first kappa shape index (κ1) is 15.3. The quantitative estimate of drug-likeness (QED) is 0.733. The Morgan fingerprint density at radius 3 is 2.95 bits per heavy atom. The molecule has 1 amide bonds. The number of benzene rings is 1. The number of fused-ring (bicyclic) bond motifs is 1. The van der Waals surface area contributed by atoms with Gasteiger partial charge in [-0.2, -0.15) is 0 Å². The fourth-order valence-electron chi connectivity index (χ4n) is 2.28. The van der Waals surface area contributed by atoms with Crippen LogP contribution >= 0.6 is 11.6 Å². The topological polar surface area (TPSA) is 42.7 Å². The number of halogens is 2. The summed E-state index contributed by atoms with van der Waals surface area (Å²) in [4.78, 5) is 13.5. The minimum Gasteiger partial charge on any atom is -0.459 e. The number of rotatable bonds is 7. The molecule has 0 atom stereocenters. The minimum absolute atomic E-state index is 0.0850. The molecule has 118 valence electrons. The van der Waals surface area contributed by atoms with Crippen LogP contribution in [0.4, 0.5) is 4.39 Å². The van der Waals surface area contributed by atoms with Gasteiger partial charge in [0.2, 0.25) is 5.91 Å². The van der Waals surface area contributed by atoms with Gasteiger partial charge in [0, 0.05) is 11.9 Å². The van der Waals surface area contributed by atoms with Crippen molar-refractivity contribution in [3.63, 3.8) is 0 Å². The molecular weight excluding hydrogens is 309 g/mol. The summed E-state index contributed by atoms with van der Waals surface area (Å²) in [5.74, 6) is 0.0303. The number of hydrogen-bond donors (Lipinski definition) is 0. The Morgan fingerprint density at radius 1 is 1.41 bits per heavy atom. The number of nitrogens with zero attached hydrogens (tertiary/aromatic N) is 1. The summed E-state index contributed by atoms with van der Waals surface area (Å²) in [5, 5.41) is 0.683. The lowest BCUT2D eigenvalue weighted by Crippen LogP contribution is -2.34. The molecule has 0 aliphatic heterocycles. The molecule has 4 nitrogen and oxygen atoms in total. The second kappa shape index (κ2) is 6.67. The third kappa shape index (κ3) is 3.78. The highest BCUT2D eigenvalue weighted by Gasteiger charge is 2.23. The van der Waals surface area contributed by atoms with Crippen LogP contribution < -0.4 is 0 Å². The predicted molar refractivity (Wildman–Crippen MR) is 81.3 cm³/mol. The third-order valence-electron chi connectivity index (χ3n) is 3.58. The first-order valence-electron chi connectivity index (χ1n) is 7.29. The molecule has 0 unspecified atom stereocenters. The third-order valence-corrected chi connectivity index (χ3v) is 3.81. The Morgan fingerprint density at radius 2 is 2.23 bits per heavy atom.